The molecule has 16 heavy (non-hydrogen) atoms. The Hall–Kier alpha value is -1.31. The molecule has 0 saturated carbocycles. The smallest absolute Gasteiger partial charge is 0.120 e. The van der Waals surface area contributed by atoms with E-state index in [-0.39, 0.29) is 12.6 Å². The van der Waals surface area contributed by atoms with E-state index in [4.69, 9.17) is 10.4 Å². The number of hydrogen-bond donors (Lipinski definition) is 2. The summed E-state index contributed by atoms with van der Waals surface area (Å²) < 4.78 is 1.89. The van der Waals surface area contributed by atoms with Crippen LogP contribution in [0.4, 0.5) is 0 Å². The monoisotopic (exact) mass is 221 g/mol. The van der Waals surface area contributed by atoms with Gasteiger partial charge >= 0.3 is 0 Å². The molecule has 0 fully saturated rings. The standard InChI is InChI=1S/C12H19N3O/c1-4-11(8-16)14-7-10-5-12(6-13)15(3)9(10)2/h5,11,14,16H,4,7-8H2,1-3H3/t11-/m0/s1. The summed E-state index contributed by atoms with van der Waals surface area (Å²) in [6.07, 6.45) is 0.896. The van der Waals surface area contributed by atoms with Gasteiger partial charge in [0.2, 0.25) is 0 Å². The zero-order valence-corrected chi connectivity index (χ0v) is 10.1. The minimum absolute atomic E-state index is 0.130. The van der Waals surface area contributed by atoms with Crippen molar-refractivity contribution in [1.82, 2.24) is 9.88 Å². The molecule has 1 heterocycles. The van der Waals surface area contributed by atoms with Gasteiger partial charge in [0.1, 0.15) is 11.8 Å². The number of nitriles is 1. The second kappa shape index (κ2) is 5.69. The first-order chi connectivity index (χ1) is 7.63. The number of hydrogen-bond acceptors (Lipinski definition) is 3. The Balaban J connectivity index is 2.72. The van der Waals surface area contributed by atoms with Crippen LogP contribution in [0.5, 0.6) is 0 Å². The molecular weight excluding hydrogens is 202 g/mol. The van der Waals surface area contributed by atoms with Gasteiger partial charge in [-0.05, 0) is 25.0 Å². The summed E-state index contributed by atoms with van der Waals surface area (Å²) in [7, 11) is 1.89. The lowest BCUT2D eigenvalue weighted by Gasteiger charge is -2.13. The Morgan fingerprint density at radius 1 is 1.62 bits per heavy atom. The second-order valence-electron chi connectivity index (χ2n) is 3.98. The van der Waals surface area contributed by atoms with Crippen LogP contribution in [0.3, 0.4) is 0 Å². The minimum atomic E-state index is 0.130. The summed E-state index contributed by atoms with van der Waals surface area (Å²) >= 11 is 0. The number of nitrogens with one attached hydrogen (secondary N) is 1. The van der Waals surface area contributed by atoms with Gasteiger partial charge in [-0.25, -0.2) is 0 Å². The van der Waals surface area contributed by atoms with Crippen molar-refractivity contribution in [1.29, 1.82) is 5.26 Å². The molecule has 0 unspecified atom stereocenters. The fourth-order valence-corrected chi connectivity index (χ4v) is 1.64. The molecule has 0 bridgehead atoms. The predicted octanol–water partition coefficient (Wildman–Crippen LogP) is 1.07. The lowest BCUT2D eigenvalue weighted by molar-refractivity contribution is 0.238. The molecule has 0 radical (unpaired) electrons. The topological polar surface area (TPSA) is 61.0 Å². The maximum absolute atomic E-state index is 9.06. The fourth-order valence-electron chi connectivity index (χ4n) is 1.64. The molecular formula is C12H19N3O. The van der Waals surface area contributed by atoms with Crippen LogP contribution >= 0.6 is 0 Å². The summed E-state index contributed by atoms with van der Waals surface area (Å²) in [6, 6.07) is 4.18. The number of aliphatic hydroxyl groups is 1. The van der Waals surface area contributed by atoms with Gasteiger partial charge in [0.25, 0.3) is 0 Å². The highest BCUT2D eigenvalue weighted by Crippen LogP contribution is 2.13. The number of rotatable bonds is 5. The van der Waals surface area contributed by atoms with Crippen molar-refractivity contribution in [3.63, 3.8) is 0 Å². The van der Waals surface area contributed by atoms with E-state index in [1.807, 2.05) is 31.5 Å². The zero-order chi connectivity index (χ0) is 12.1. The maximum atomic E-state index is 9.06. The van der Waals surface area contributed by atoms with Crippen LogP contribution in [0.2, 0.25) is 0 Å². The lowest BCUT2D eigenvalue weighted by atomic mass is 10.2. The molecule has 1 aromatic heterocycles. The van der Waals surface area contributed by atoms with E-state index < -0.39 is 0 Å². The molecule has 88 valence electrons. The molecule has 4 nitrogen and oxygen atoms in total. The Kier molecular flexibility index (Phi) is 4.53. The molecule has 0 saturated heterocycles. The van der Waals surface area contributed by atoms with Crippen molar-refractivity contribution in [3.05, 3.63) is 23.0 Å². The van der Waals surface area contributed by atoms with E-state index in [0.29, 0.717) is 12.2 Å². The summed E-state index contributed by atoms with van der Waals surface area (Å²) in [6.45, 7) is 4.87. The highest BCUT2D eigenvalue weighted by molar-refractivity contribution is 5.34. The van der Waals surface area contributed by atoms with Crippen LogP contribution in [0.15, 0.2) is 6.07 Å². The highest BCUT2D eigenvalue weighted by Gasteiger charge is 2.10. The van der Waals surface area contributed by atoms with E-state index in [0.717, 1.165) is 17.7 Å². The molecule has 4 heteroatoms. The van der Waals surface area contributed by atoms with Gasteiger partial charge in [-0.15, -0.1) is 0 Å². The van der Waals surface area contributed by atoms with Gasteiger partial charge in [0.15, 0.2) is 0 Å². The van der Waals surface area contributed by atoms with E-state index in [1.165, 1.54) is 0 Å². The van der Waals surface area contributed by atoms with E-state index in [2.05, 4.69) is 11.4 Å². The third kappa shape index (κ3) is 2.63. The fraction of sp³-hybridized carbons (Fsp3) is 0.583. The number of aromatic nitrogens is 1. The van der Waals surface area contributed by atoms with Gasteiger partial charge < -0.3 is 15.0 Å². The van der Waals surface area contributed by atoms with Gasteiger partial charge in [-0.2, -0.15) is 5.26 Å². The molecule has 0 aliphatic rings. The number of aliphatic hydroxyl groups excluding tert-OH is 1. The predicted molar refractivity (Wildman–Crippen MR) is 62.9 cm³/mol. The Morgan fingerprint density at radius 3 is 2.75 bits per heavy atom. The molecule has 2 N–H and O–H groups in total. The van der Waals surface area contributed by atoms with E-state index >= 15 is 0 Å². The Bertz CT molecular complexity index is 386. The first-order valence-corrected chi connectivity index (χ1v) is 5.53. The zero-order valence-electron chi connectivity index (χ0n) is 10.1. The van der Waals surface area contributed by atoms with Crippen LogP contribution in [-0.2, 0) is 13.6 Å². The van der Waals surface area contributed by atoms with Crippen molar-refractivity contribution < 1.29 is 5.11 Å². The van der Waals surface area contributed by atoms with Crippen molar-refractivity contribution >= 4 is 0 Å². The van der Waals surface area contributed by atoms with E-state index in [9.17, 15) is 0 Å². The molecule has 0 spiro atoms. The summed E-state index contributed by atoms with van der Waals surface area (Å²) in [5.41, 5.74) is 2.88. The molecule has 0 aromatic carbocycles. The van der Waals surface area contributed by atoms with Crippen LogP contribution in [0.1, 0.15) is 30.3 Å². The first-order valence-electron chi connectivity index (χ1n) is 5.53. The third-order valence-electron chi connectivity index (χ3n) is 3.05. The van der Waals surface area contributed by atoms with Crippen molar-refractivity contribution in [3.8, 4) is 6.07 Å². The summed E-state index contributed by atoms with van der Waals surface area (Å²) in [5.74, 6) is 0. The minimum Gasteiger partial charge on any atom is -0.395 e. The molecule has 1 aromatic rings. The third-order valence-corrected chi connectivity index (χ3v) is 3.05. The normalized spacial score (nSPS) is 12.4. The van der Waals surface area contributed by atoms with Gasteiger partial charge in [-0.3, -0.25) is 0 Å². The molecule has 0 amide bonds. The molecule has 1 atom stereocenters. The summed E-state index contributed by atoms with van der Waals surface area (Å²) in [5, 5.41) is 21.2. The van der Waals surface area contributed by atoms with Crippen LogP contribution < -0.4 is 5.32 Å². The Morgan fingerprint density at radius 2 is 2.31 bits per heavy atom. The molecule has 0 aliphatic heterocycles. The van der Waals surface area contributed by atoms with Crippen molar-refractivity contribution in [2.75, 3.05) is 6.61 Å². The number of nitrogens with zero attached hydrogens (tertiary/aromatic N) is 2. The van der Waals surface area contributed by atoms with Crippen molar-refractivity contribution in [2.24, 2.45) is 7.05 Å². The van der Waals surface area contributed by atoms with Gasteiger partial charge in [-0.1, -0.05) is 6.92 Å². The average molecular weight is 221 g/mol. The largest absolute Gasteiger partial charge is 0.395 e. The van der Waals surface area contributed by atoms with Crippen molar-refractivity contribution in [2.45, 2.75) is 32.9 Å². The lowest BCUT2D eigenvalue weighted by Crippen LogP contribution is -2.31. The summed E-state index contributed by atoms with van der Waals surface area (Å²) in [4.78, 5) is 0. The molecule has 0 aliphatic carbocycles. The van der Waals surface area contributed by atoms with Crippen LogP contribution in [0.25, 0.3) is 0 Å². The molecule has 1 rings (SSSR count). The average Bonchev–Trinajstić information content (AvgIpc) is 2.58. The Labute approximate surface area is 96.5 Å². The SMILES string of the molecule is CC[C@@H](CO)NCc1cc(C#N)n(C)c1C. The first kappa shape index (κ1) is 12.8. The highest BCUT2D eigenvalue weighted by atomic mass is 16.3. The maximum Gasteiger partial charge on any atom is 0.120 e. The second-order valence-corrected chi connectivity index (χ2v) is 3.98. The van der Waals surface area contributed by atoms with Crippen LogP contribution in [0, 0.1) is 18.3 Å². The van der Waals surface area contributed by atoms with E-state index in [1.54, 1.807) is 0 Å². The van der Waals surface area contributed by atoms with Gasteiger partial charge in [0.05, 0.1) is 6.61 Å². The van der Waals surface area contributed by atoms with Gasteiger partial charge in [0, 0.05) is 25.3 Å². The quantitative estimate of drug-likeness (QED) is 0.781. The van der Waals surface area contributed by atoms with Crippen LogP contribution in [-0.4, -0.2) is 22.3 Å².